The Morgan fingerprint density at radius 3 is 2.62 bits per heavy atom. The number of carbonyl (C=O) groups excluding carboxylic acids is 1. The van der Waals surface area contributed by atoms with Gasteiger partial charge in [-0.15, -0.1) is 20.4 Å². The lowest BCUT2D eigenvalue weighted by Gasteiger charge is -2.18. The molecule has 0 aliphatic heterocycles. The van der Waals surface area contributed by atoms with Gasteiger partial charge in [-0.05, 0) is 56.9 Å². The number of hydrogen-bond donors (Lipinski definition) is 1. The third kappa shape index (κ3) is 6.09. The summed E-state index contributed by atoms with van der Waals surface area (Å²) in [6.07, 6.45) is 6.11. The number of nitrogens with zero attached hydrogens (tertiary/aromatic N) is 5. The van der Waals surface area contributed by atoms with E-state index in [0.717, 1.165) is 39.7 Å². The molecular weight excluding hydrogens is 492 g/mol. The smallest absolute Gasteiger partial charge is 0.236 e. The summed E-state index contributed by atoms with van der Waals surface area (Å²) in [7, 11) is 0. The van der Waals surface area contributed by atoms with E-state index < -0.39 is 0 Å². The first-order valence-electron chi connectivity index (χ1n) is 11.5. The summed E-state index contributed by atoms with van der Waals surface area (Å²) < 4.78 is 7.90. The number of aryl methyl sites for hydroxylation is 2. The molecule has 1 aromatic carbocycles. The molecule has 0 atom stereocenters. The number of carbonyl (C=O) groups is 1. The third-order valence-electron chi connectivity index (χ3n) is 5.86. The highest BCUT2D eigenvalue weighted by atomic mass is 35.5. The predicted octanol–water partition coefficient (Wildman–Crippen LogP) is 5.78. The number of benzene rings is 1. The monoisotopic (exact) mass is 520 g/mol. The number of hydrogen-bond acceptors (Lipinski definition) is 8. The molecule has 1 amide bonds. The van der Waals surface area contributed by atoms with Crippen molar-refractivity contribution in [2.45, 2.75) is 77.1 Å². The van der Waals surface area contributed by atoms with Crippen LogP contribution in [0.25, 0.3) is 0 Å². The first-order valence-corrected chi connectivity index (χ1v) is 13.7. The number of halogens is 1. The lowest BCUT2D eigenvalue weighted by molar-refractivity contribution is -0.113. The summed E-state index contributed by atoms with van der Waals surface area (Å²) in [5.74, 6) is 2.01. The molecule has 8 nitrogen and oxygen atoms in total. The van der Waals surface area contributed by atoms with Gasteiger partial charge in [0.15, 0.2) is 11.0 Å². The van der Waals surface area contributed by atoms with E-state index in [1.54, 1.807) is 0 Å². The van der Waals surface area contributed by atoms with Crippen LogP contribution in [0, 0.1) is 13.8 Å². The van der Waals surface area contributed by atoms with E-state index in [4.69, 9.17) is 16.3 Å². The Morgan fingerprint density at radius 2 is 1.91 bits per heavy atom. The fourth-order valence-corrected chi connectivity index (χ4v) is 5.93. The van der Waals surface area contributed by atoms with Gasteiger partial charge < -0.3 is 9.30 Å². The second-order valence-corrected chi connectivity index (χ2v) is 10.7. The minimum absolute atomic E-state index is 0.132. The second kappa shape index (κ2) is 11.5. The topological polar surface area (TPSA) is 94.8 Å². The average molecular weight is 521 g/mol. The van der Waals surface area contributed by atoms with Crippen LogP contribution in [-0.2, 0) is 17.9 Å². The lowest BCUT2D eigenvalue weighted by atomic mass is 9.90. The molecule has 1 aliphatic carbocycles. The number of amides is 1. The highest BCUT2D eigenvalue weighted by Gasteiger charge is 2.20. The van der Waals surface area contributed by atoms with E-state index in [9.17, 15) is 4.79 Å². The van der Waals surface area contributed by atoms with Crippen molar-refractivity contribution in [2.75, 3.05) is 11.1 Å². The minimum Gasteiger partial charge on any atom is -0.486 e. The summed E-state index contributed by atoms with van der Waals surface area (Å²) in [5, 5.41) is 22.9. The van der Waals surface area contributed by atoms with Crippen LogP contribution in [0.3, 0.4) is 0 Å². The summed E-state index contributed by atoms with van der Waals surface area (Å²) in [5.41, 5.74) is 1.94. The molecule has 2 aromatic heterocycles. The molecule has 3 aromatic rings. The fourth-order valence-electron chi connectivity index (χ4n) is 4.07. The van der Waals surface area contributed by atoms with Gasteiger partial charge >= 0.3 is 0 Å². The van der Waals surface area contributed by atoms with Gasteiger partial charge in [0.25, 0.3) is 0 Å². The maximum atomic E-state index is 12.5. The van der Waals surface area contributed by atoms with Crippen LogP contribution in [0.15, 0.2) is 17.3 Å². The van der Waals surface area contributed by atoms with Gasteiger partial charge in [0, 0.05) is 17.5 Å². The molecule has 0 unspecified atom stereocenters. The maximum Gasteiger partial charge on any atom is 0.236 e. The van der Waals surface area contributed by atoms with Crippen molar-refractivity contribution in [2.24, 2.45) is 0 Å². The van der Waals surface area contributed by atoms with E-state index in [1.807, 2.05) is 37.5 Å². The highest BCUT2D eigenvalue weighted by Crippen LogP contribution is 2.35. The molecular formula is C23H29ClN6O2S2. The van der Waals surface area contributed by atoms with E-state index in [1.165, 1.54) is 42.4 Å². The van der Waals surface area contributed by atoms with Crippen LogP contribution < -0.4 is 10.1 Å². The Bertz CT molecular complexity index is 1120. The van der Waals surface area contributed by atoms with Crippen molar-refractivity contribution in [3.63, 3.8) is 0 Å². The molecule has 34 heavy (non-hydrogen) atoms. The molecule has 1 saturated carbocycles. The van der Waals surface area contributed by atoms with Gasteiger partial charge in [-0.25, -0.2) is 0 Å². The lowest BCUT2D eigenvalue weighted by Crippen LogP contribution is -2.14. The molecule has 1 fully saturated rings. The van der Waals surface area contributed by atoms with Crippen molar-refractivity contribution in [1.82, 2.24) is 25.0 Å². The fraction of sp³-hybridized carbons (Fsp3) is 0.522. The molecule has 1 aliphatic rings. The van der Waals surface area contributed by atoms with Gasteiger partial charge in [0.2, 0.25) is 11.0 Å². The van der Waals surface area contributed by atoms with E-state index >= 15 is 0 Å². The average Bonchev–Trinajstić information content (AvgIpc) is 3.46. The number of thioether (sulfide) groups is 1. The Labute approximate surface area is 212 Å². The minimum atomic E-state index is -0.132. The summed E-state index contributed by atoms with van der Waals surface area (Å²) in [4.78, 5) is 12.5. The Morgan fingerprint density at radius 1 is 1.18 bits per heavy atom. The van der Waals surface area contributed by atoms with E-state index in [0.29, 0.717) is 28.6 Å². The Kier molecular flexibility index (Phi) is 8.44. The maximum absolute atomic E-state index is 12.5. The van der Waals surface area contributed by atoms with Crippen molar-refractivity contribution in [1.29, 1.82) is 0 Å². The predicted molar refractivity (Wildman–Crippen MR) is 136 cm³/mol. The normalized spacial score (nSPS) is 14.4. The molecule has 0 radical (unpaired) electrons. The van der Waals surface area contributed by atoms with Crippen LogP contribution in [0.2, 0.25) is 5.02 Å². The Hall–Kier alpha value is -2.17. The van der Waals surface area contributed by atoms with Crippen LogP contribution >= 0.6 is 34.7 Å². The van der Waals surface area contributed by atoms with Crippen molar-refractivity contribution >= 4 is 45.7 Å². The van der Waals surface area contributed by atoms with Crippen LogP contribution in [0.1, 0.15) is 66.9 Å². The molecule has 182 valence electrons. The van der Waals surface area contributed by atoms with E-state index in [2.05, 4.69) is 25.7 Å². The molecule has 4 rings (SSSR count). The molecule has 0 spiro atoms. The van der Waals surface area contributed by atoms with Crippen molar-refractivity contribution in [3.05, 3.63) is 39.1 Å². The van der Waals surface area contributed by atoms with Gasteiger partial charge in [-0.1, -0.05) is 54.0 Å². The largest absolute Gasteiger partial charge is 0.486 e. The number of aromatic nitrogens is 5. The Balaban J connectivity index is 1.31. The summed E-state index contributed by atoms with van der Waals surface area (Å²) in [6.45, 7) is 6.88. The molecule has 2 heterocycles. The first-order chi connectivity index (χ1) is 16.4. The quantitative estimate of drug-likeness (QED) is 0.357. The van der Waals surface area contributed by atoms with Crippen LogP contribution in [-0.4, -0.2) is 36.6 Å². The first kappa shape index (κ1) is 24.9. The van der Waals surface area contributed by atoms with Gasteiger partial charge in [-0.3, -0.25) is 10.1 Å². The van der Waals surface area contributed by atoms with Gasteiger partial charge in [-0.2, -0.15) is 0 Å². The summed E-state index contributed by atoms with van der Waals surface area (Å²) >= 11 is 9.07. The van der Waals surface area contributed by atoms with E-state index in [-0.39, 0.29) is 18.3 Å². The zero-order valence-electron chi connectivity index (χ0n) is 19.6. The van der Waals surface area contributed by atoms with Gasteiger partial charge in [0.1, 0.15) is 17.4 Å². The van der Waals surface area contributed by atoms with Gasteiger partial charge in [0.05, 0.1) is 5.75 Å². The second-order valence-electron chi connectivity index (χ2n) is 8.42. The van der Waals surface area contributed by atoms with Crippen molar-refractivity contribution in [3.8, 4) is 5.75 Å². The molecule has 11 heteroatoms. The zero-order chi connectivity index (χ0) is 24.1. The number of ether oxygens (including phenoxy) is 1. The number of rotatable bonds is 9. The SMILES string of the molecule is CCn1c(COc2cc(C)c(Cl)c(C)c2)nnc1SCC(=O)Nc1nnc(C2CCCCC2)s1. The summed E-state index contributed by atoms with van der Waals surface area (Å²) in [6, 6.07) is 3.82. The van der Waals surface area contributed by atoms with Crippen molar-refractivity contribution < 1.29 is 9.53 Å². The molecule has 1 N–H and O–H groups in total. The number of nitrogens with one attached hydrogen (secondary N) is 1. The third-order valence-corrected chi connectivity index (χ3v) is 8.43. The zero-order valence-corrected chi connectivity index (χ0v) is 22.0. The molecule has 0 bridgehead atoms. The number of anilines is 1. The highest BCUT2D eigenvalue weighted by molar-refractivity contribution is 7.99. The van der Waals surface area contributed by atoms with Crippen LogP contribution in [0.5, 0.6) is 5.75 Å². The standard InChI is InChI=1S/C23H29ClN6O2S2/c1-4-30-18(12-32-17-10-14(2)20(24)15(3)11-17)26-29-23(30)33-13-19(31)25-22-28-27-21(34-22)16-8-6-5-7-9-16/h10-11,16H,4-9,12-13H2,1-3H3,(H,25,28,31). The molecule has 0 saturated heterocycles. The van der Waals surface area contributed by atoms with Crippen LogP contribution in [0.4, 0.5) is 5.13 Å².